The van der Waals surface area contributed by atoms with Crippen molar-refractivity contribution in [3.8, 4) is 6.07 Å². The summed E-state index contributed by atoms with van der Waals surface area (Å²) >= 11 is 3.38. The van der Waals surface area contributed by atoms with Gasteiger partial charge in [-0.3, -0.25) is 9.59 Å². The van der Waals surface area contributed by atoms with Gasteiger partial charge in [0.15, 0.2) is 0 Å². The first kappa shape index (κ1) is 17.7. The SMILES string of the molecule is N#CCC(=O)Nc1cccc(NC(=O)CCc2ccc(Br)cc2)c1. The summed E-state index contributed by atoms with van der Waals surface area (Å²) in [6, 6.07) is 16.5. The number of nitrogens with one attached hydrogen (secondary N) is 2. The van der Waals surface area contributed by atoms with E-state index in [0.29, 0.717) is 24.2 Å². The maximum Gasteiger partial charge on any atom is 0.238 e. The number of benzene rings is 2. The summed E-state index contributed by atoms with van der Waals surface area (Å²) in [6.07, 6.45) is 0.814. The minimum Gasteiger partial charge on any atom is -0.326 e. The number of carbonyl (C=O) groups is 2. The molecular formula is C18H16BrN3O2. The van der Waals surface area contributed by atoms with Gasteiger partial charge in [-0.2, -0.15) is 5.26 Å². The molecule has 0 saturated carbocycles. The van der Waals surface area contributed by atoms with Crippen molar-refractivity contribution in [2.75, 3.05) is 10.6 Å². The first-order chi connectivity index (χ1) is 11.6. The lowest BCUT2D eigenvalue weighted by Crippen LogP contribution is -2.13. The van der Waals surface area contributed by atoms with Crippen LogP contribution in [0.15, 0.2) is 53.0 Å². The van der Waals surface area contributed by atoms with Crippen LogP contribution in [0, 0.1) is 11.3 Å². The smallest absolute Gasteiger partial charge is 0.238 e. The van der Waals surface area contributed by atoms with Crippen LogP contribution in [0.1, 0.15) is 18.4 Å². The van der Waals surface area contributed by atoms with Crippen molar-refractivity contribution in [2.45, 2.75) is 19.3 Å². The van der Waals surface area contributed by atoms with Crippen molar-refractivity contribution in [1.82, 2.24) is 0 Å². The zero-order chi connectivity index (χ0) is 17.4. The number of carbonyl (C=O) groups excluding carboxylic acids is 2. The quantitative estimate of drug-likeness (QED) is 0.791. The highest BCUT2D eigenvalue weighted by Gasteiger charge is 2.06. The number of aryl methyl sites for hydroxylation is 1. The van der Waals surface area contributed by atoms with Crippen molar-refractivity contribution in [3.05, 3.63) is 58.6 Å². The topological polar surface area (TPSA) is 82.0 Å². The third kappa shape index (κ3) is 5.86. The van der Waals surface area contributed by atoms with E-state index >= 15 is 0 Å². The lowest BCUT2D eigenvalue weighted by atomic mass is 10.1. The summed E-state index contributed by atoms with van der Waals surface area (Å²) in [5, 5.41) is 13.9. The Balaban J connectivity index is 1.88. The maximum absolute atomic E-state index is 12.0. The summed E-state index contributed by atoms with van der Waals surface area (Å²) in [5.41, 5.74) is 2.23. The average molecular weight is 386 g/mol. The maximum atomic E-state index is 12.0. The van der Waals surface area contributed by atoms with Crippen molar-refractivity contribution >= 4 is 39.1 Å². The third-order valence-corrected chi connectivity index (χ3v) is 3.75. The Hall–Kier alpha value is -2.65. The molecule has 0 saturated heterocycles. The Bertz CT molecular complexity index is 767. The van der Waals surface area contributed by atoms with Gasteiger partial charge in [-0.05, 0) is 42.3 Å². The van der Waals surface area contributed by atoms with E-state index < -0.39 is 0 Å². The molecule has 0 aliphatic heterocycles. The predicted molar refractivity (Wildman–Crippen MR) is 96.4 cm³/mol. The first-order valence-electron chi connectivity index (χ1n) is 7.38. The van der Waals surface area contributed by atoms with Crippen LogP contribution in [0.5, 0.6) is 0 Å². The Labute approximate surface area is 148 Å². The van der Waals surface area contributed by atoms with E-state index in [-0.39, 0.29) is 18.2 Å². The number of hydrogen-bond donors (Lipinski definition) is 2. The van der Waals surface area contributed by atoms with Gasteiger partial charge in [-0.25, -0.2) is 0 Å². The highest BCUT2D eigenvalue weighted by Crippen LogP contribution is 2.16. The number of nitrogens with zero attached hydrogens (tertiary/aromatic N) is 1. The van der Waals surface area contributed by atoms with Gasteiger partial charge in [0.1, 0.15) is 6.42 Å². The van der Waals surface area contributed by atoms with Gasteiger partial charge in [-0.1, -0.05) is 34.1 Å². The van der Waals surface area contributed by atoms with Crippen LogP contribution in [-0.2, 0) is 16.0 Å². The molecule has 5 nitrogen and oxygen atoms in total. The highest BCUT2D eigenvalue weighted by atomic mass is 79.9. The van der Waals surface area contributed by atoms with Crippen LogP contribution < -0.4 is 10.6 Å². The predicted octanol–water partition coefficient (Wildman–Crippen LogP) is 3.87. The zero-order valence-corrected chi connectivity index (χ0v) is 14.5. The van der Waals surface area contributed by atoms with Gasteiger partial charge < -0.3 is 10.6 Å². The molecule has 0 radical (unpaired) electrons. The van der Waals surface area contributed by atoms with Crippen molar-refractivity contribution in [3.63, 3.8) is 0 Å². The minimum atomic E-state index is -0.379. The zero-order valence-electron chi connectivity index (χ0n) is 12.9. The molecule has 6 heteroatoms. The fourth-order valence-corrected chi connectivity index (χ4v) is 2.35. The summed E-state index contributed by atoms with van der Waals surface area (Å²) in [6.45, 7) is 0. The van der Waals surface area contributed by atoms with E-state index in [4.69, 9.17) is 5.26 Å². The molecule has 2 aromatic rings. The van der Waals surface area contributed by atoms with Crippen LogP contribution in [0.2, 0.25) is 0 Å². The summed E-state index contributed by atoms with van der Waals surface area (Å²) < 4.78 is 1.01. The lowest BCUT2D eigenvalue weighted by Gasteiger charge is -2.08. The molecular weight excluding hydrogens is 370 g/mol. The Morgan fingerprint density at radius 2 is 1.62 bits per heavy atom. The van der Waals surface area contributed by atoms with Crippen LogP contribution in [0.3, 0.4) is 0 Å². The molecule has 0 heterocycles. The Morgan fingerprint density at radius 1 is 1.00 bits per heavy atom. The Morgan fingerprint density at radius 3 is 2.25 bits per heavy atom. The van der Waals surface area contributed by atoms with Crippen molar-refractivity contribution < 1.29 is 9.59 Å². The van der Waals surface area contributed by atoms with Gasteiger partial charge in [0.2, 0.25) is 11.8 Å². The van der Waals surface area contributed by atoms with Gasteiger partial charge in [0, 0.05) is 22.3 Å². The molecule has 0 aromatic heterocycles. The number of nitriles is 1. The molecule has 2 amide bonds. The van der Waals surface area contributed by atoms with Crippen LogP contribution in [-0.4, -0.2) is 11.8 Å². The van der Waals surface area contributed by atoms with E-state index in [1.165, 1.54) is 0 Å². The summed E-state index contributed by atoms with van der Waals surface area (Å²) in [4.78, 5) is 23.4. The minimum absolute atomic E-state index is 0.0987. The second-order valence-corrected chi connectivity index (χ2v) is 6.05. The monoisotopic (exact) mass is 385 g/mol. The second-order valence-electron chi connectivity index (χ2n) is 5.14. The van der Waals surface area contributed by atoms with Gasteiger partial charge >= 0.3 is 0 Å². The molecule has 0 fully saturated rings. The first-order valence-corrected chi connectivity index (χ1v) is 8.17. The van der Waals surface area contributed by atoms with E-state index in [2.05, 4.69) is 26.6 Å². The van der Waals surface area contributed by atoms with Crippen molar-refractivity contribution in [1.29, 1.82) is 5.26 Å². The number of hydrogen-bond acceptors (Lipinski definition) is 3. The van der Waals surface area contributed by atoms with E-state index in [0.717, 1.165) is 10.0 Å². The van der Waals surface area contributed by atoms with Gasteiger partial charge in [0.25, 0.3) is 0 Å². The second kappa shape index (κ2) is 8.85. The highest BCUT2D eigenvalue weighted by molar-refractivity contribution is 9.10. The molecule has 2 N–H and O–H groups in total. The van der Waals surface area contributed by atoms with Gasteiger partial charge in [-0.15, -0.1) is 0 Å². The van der Waals surface area contributed by atoms with E-state index in [1.807, 2.05) is 24.3 Å². The molecule has 2 rings (SSSR count). The molecule has 0 spiro atoms. The number of amides is 2. The van der Waals surface area contributed by atoms with Crippen LogP contribution in [0.25, 0.3) is 0 Å². The Kier molecular flexibility index (Phi) is 6.52. The molecule has 24 heavy (non-hydrogen) atoms. The number of rotatable bonds is 6. The molecule has 122 valence electrons. The summed E-state index contributed by atoms with van der Waals surface area (Å²) in [5.74, 6) is -0.477. The van der Waals surface area contributed by atoms with Crippen molar-refractivity contribution in [2.24, 2.45) is 0 Å². The average Bonchev–Trinajstić information content (AvgIpc) is 2.55. The standard InChI is InChI=1S/C18H16BrN3O2/c19-14-7-4-13(5-8-14)6-9-17(23)21-15-2-1-3-16(12-15)22-18(24)10-11-20/h1-5,7-8,12H,6,9-10H2,(H,21,23)(H,22,24). The van der Waals surface area contributed by atoms with Crippen LogP contribution in [0.4, 0.5) is 11.4 Å². The normalized spacial score (nSPS) is 9.83. The fraction of sp³-hybridized carbons (Fsp3) is 0.167. The summed E-state index contributed by atoms with van der Waals surface area (Å²) in [7, 11) is 0. The van der Waals surface area contributed by atoms with Crippen LogP contribution >= 0.6 is 15.9 Å². The lowest BCUT2D eigenvalue weighted by molar-refractivity contribution is -0.116. The third-order valence-electron chi connectivity index (χ3n) is 3.22. The fourth-order valence-electron chi connectivity index (χ4n) is 2.08. The molecule has 2 aromatic carbocycles. The molecule has 0 aliphatic carbocycles. The van der Waals surface area contributed by atoms with E-state index in [9.17, 15) is 9.59 Å². The molecule has 0 atom stereocenters. The molecule has 0 bridgehead atoms. The van der Waals surface area contributed by atoms with Gasteiger partial charge in [0.05, 0.1) is 6.07 Å². The number of halogens is 1. The molecule has 0 aliphatic rings. The molecule has 0 unspecified atom stereocenters. The number of anilines is 2. The van der Waals surface area contributed by atoms with E-state index in [1.54, 1.807) is 30.3 Å². The largest absolute Gasteiger partial charge is 0.326 e.